The van der Waals surface area contributed by atoms with Crippen molar-refractivity contribution in [3.63, 3.8) is 0 Å². The van der Waals surface area contributed by atoms with Crippen LogP contribution in [-0.2, 0) is 4.79 Å². The maximum Gasteiger partial charge on any atom is 0.229 e. The molecule has 37 heavy (non-hydrogen) atoms. The Morgan fingerprint density at radius 1 is 1.14 bits per heavy atom. The van der Waals surface area contributed by atoms with Gasteiger partial charge in [-0.1, -0.05) is 23.7 Å². The van der Waals surface area contributed by atoms with Gasteiger partial charge in [0.15, 0.2) is 17.5 Å². The number of aromatic amines is 1. The highest BCUT2D eigenvalue weighted by Gasteiger charge is 2.32. The van der Waals surface area contributed by atoms with Gasteiger partial charge in [0.05, 0.1) is 18.7 Å². The first-order chi connectivity index (χ1) is 17.9. The summed E-state index contributed by atoms with van der Waals surface area (Å²) in [4.78, 5) is 23.8. The largest absolute Gasteiger partial charge is 0.497 e. The monoisotopic (exact) mass is 521 g/mol. The third-order valence-electron chi connectivity index (χ3n) is 6.36. The van der Waals surface area contributed by atoms with E-state index in [1.165, 1.54) is 6.33 Å². The molecule has 1 aliphatic heterocycles. The average Bonchev–Trinajstić information content (AvgIpc) is 3.69. The number of carbonyl (C=O) groups is 1. The molecule has 11 heteroatoms. The van der Waals surface area contributed by atoms with Crippen LogP contribution in [0.15, 0.2) is 54.9 Å². The number of ether oxygens (including phenoxy) is 1. The fraction of sp³-hybridized carbons (Fsp3) is 0.308. The summed E-state index contributed by atoms with van der Waals surface area (Å²) in [7, 11) is 3.45. The molecule has 2 aromatic heterocycles. The molecule has 1 amide bonds. The minimum absolute atomic E-state index is 0.222. The van der Waals surface area contributed by atoms with Crippen LogP contribution in [0.2, 0.25) is 5.02 Å². The van der Waals surface area contributed by atoms with E-state index in [2.05, 4.69) is 25.5 Å². The number of rotatable bonds is 6. The number of β-amino-alcohol motifs (C(OH)–C–C–N with tert-alkyl or cyclic N) is 1. The van der Waals surface area contributed by atoms with Crippen LogP contribution in [0.25, 0.3) is 10.9 Å². The molecule has 4 aromatic rings. The van der Waals surface area contributed by atoms with E-state index in [1.54, 1.807) is 12.0 Å². The topological polar surface area (TPSA) is 120 Å². The molecule has 2 fully saturated rings. The lowest BCUT2D eigenvalue weighted by Gasteiger charge is -2.37. The number of aliphatic hydroxyl groups excluding tert-OH is 1. The van der Waals surface area contributed by atoms with Crippen LogP contribution in [0.3, 0.4) is 0 Å². The van der Waals surface area contributed by atoms with Crippen molar-refractivity contribution in [1.82, 2.24) is 20.2 Å². The molecule has 0 radical (unpaired) electrons. The second-order valence-corrected chi connectivity index (χ2v) is 9.41. The normalized spacial score (nSPS) is 15.0. The van der Waals surface area contributed by atoms with Crippen LogP contribution in [0.1, 0.15) is 12.8 Å². The van der Waals surface area contributed by atoms with Crippen molar-refractivity contribution in [2.24, 2.45) is 5.92 Å². The minimum atomic E-state index is -0.322. The average molecular weight is 522 g/mol. The van der Waals surface area contributed by atoms with Crippen LogP contribution in [0, 0.1) is 5.92 Å². The molecule has 0 atom stereocenters. The molecule has 3 heterocycles. The standard InChI is InChI=1S/C14H13ClN6O.C12H15NO2/c15-11-13(16-7-17-14(11)21-5-8(22)6-21)18-12-9-3-1-2-4-10(9)19-20-12;1-13(12(14)9-3-4-9)10-5-7-11(15-2)8-6-10/h1-4,7-8,22H,5-6H2,(H2,16,17,18,19,20);5-9H,3-4H2,1-2H3. The number of fused-ring (bicyclic) bond motifs is 1. The highest BCUT2D eigenvalue weighted by Crippen LogP contribution is 2.34. The highest BCUT2D eigenvalue weighted by molar-refractivity contribution is 6.35. The van der Waals surface area contributed by atoms with E-state index in [-0.39, 0.29) is 17.9 Å². The summed E-state index contributed by atoms with van der Waals surface area (Å²) in [5.41, 5.74) is 1.86. The van der Waals surface area contributed by atoms with Gasteiger partial charge >= 0.3 is 0 Å². The summed E-state index contributed by atoms with van der Waals surface area (Å²) in [6.07, 6.45) is 3.21. The molecular formula is C26H28ClN7O3. The molecule has 2 aromatic carbocycles. The zero-order valence-corrected chi connectivity index (χ0v) is 21.3. The van der Waals surface area contributed by atoms with Crippen LogP contribution < -0.4 is 19.9 Å². The lowest BCUT2D eigenvalue weighted by Crippen LogP contribution is -2.51. The van der Waals surface area contributed by atoms with Gasteiger partial charge in [-0.2, -0.15) is 5.10 Å². The Kier molecular flexibility index (Phi) is 7.11. The van der Waals surface area contributed by atoms with E-state index in [0.29, 0.717) is 35.6 Å². The van der Waals surface area contributed by atoms with E-state index in [4.69, 9.17) is 16.3 Å². The number of methoxy groups -OCH3 is 1. The number of aromatic nitrogens is 4. The first-order valence-electron chi connectivity index (χ1n) is 12.0. The van der Waals surface area contributed by atoms with Crippen LogP contribution in [0.4, 0.5) is 23.1 Å². The second-order valence-electron chi connectivity index (χ2n) is 9.03. The number of nitrogens with zero attached hydrogens (tertiary/aromatic N) is 5. The number of carbonyl (C=O) groups excluding carboxylic acids is 1. The van der Waals surface area contributed by atoms with Gasteiger partial charge in [-0.05, 0) is 49.2 Å². The third kappa shape index (κ3) is 5.45. The number of halogens is 1. The molecule has 10 nitrogen and oxygen atoms in total. The molecule has 1 aliphatic carbocycles. The Morgan fingerprint density at radius 3 is 2.54 bits per heavy atom. The number of para-hydroxylation sites is 1. The van der Waals surface area contributed by atoms with Crippen molar-refractivity contribution in [1.29, 1.82) is 0 Å². The first kappa shape index (κ1) is 24.8. The quantitative estimate of drug-likeness (QED) is 0.348. The molecule has 0 unspecified atom stereocenters. The zero-order valence-electron chi connectivity index (χ0n) is 20.6. The van der Waals surface area contributed by atoms with Crippen molar-refractivity contribution >= 4 is 51.6 Å². The number of amides is 1. The van der Waals surface area contributed by atoms with Gasteiger partial charge in [-0.25, -0.2) is 9.97 Å². The number of H-pyrrole nitrogens is 1. The molecule has 6 rings (SSSR count). The van der Waals surface area contributed by atoms with E-state index < -0.39 is 0 Å². The van der Waals surface area contributed by atoms with E-state index in [0.717, 1.165) is 35.2 Å². The van der Waals surface area contributed by atoms with E-state index in [9.17, 15) is 9.90 Å². The number of nitrogens with one attached hydrogen (secondary N) is 2. The fourth-order valence-corrected chi connectivity index (χ4v) is 4.27. The Bertz CT molecular complexity index is 1380. The Morgan fingerprint density at radius 2 is 1.86 bits per heavy atom. The molecule has 0 spiro atoms. The van der Waals surface area contributed by atoms with Gasteiger partial charge in [-0.15, -0.1) is 0 Å². The van der Waals surface area contributed by atoms with Crippen molar-refractivity contribution < 1.29 is 14.6 Å². The molecule has 1 saturated carbocycles. The highest BCUT2D eigenvalue weighted by atomic mass is 35.5. The number of anilines is 4. The fourth-order valence-electron chi connectivity index (χ4n) is 4.00. The predicted octanol–water partition coefficient (Wildman–Crippen LogP) is 4.00. The van der Waals surface area contributed by atoms with Gasteiger partial charge in [-0.3, -0.25) is 9.89 Å². The summed E-state index contributed by atoms with van der Waals surface area (Å²) >= 11 is 6.38. The first-order valence-corrected chi connectivity index (χ1v) is 12.4. The van der Waals surface area contributed by atoms with Gasteiger partial charge < -0.3 is 25.0 Å². The summed E-state index contributed by atoms with van der Waals surface area (Å²) in [6.45, 7) is 1.06. The van der Waals surface area contributed by atoms with Crippen molar-refractivity contribution in [2.75, 3.05) is 42.4 Å². The summed E-state index contributed by atoms with van der Waals surface area (Å²) in [5.74, 6) is 3.06. The van der Waals surface area contributed by atoms with Crippen molar-refractivity contribution in [3.8, 4) is 5.75 Å². The van der Waals surface area contributed by atoms with Gasteiger partial charge in [0, 0.05) is 37.1 Å². The zero-order chi connectivity index (χ0) is 25.9. The molecule has 3 N–H and O–H groups in total. The minimum Gasteiger partial charge on any atom is -0.497 e. The van der Waals surface area contributed by atoms with E-state index >= 15 is 0 Å². The number of aliphatic hydroxyl groups is 1. The third-order valence-corrected chi connectivity index (χ3v) is 6.70. The summed E-state index contributed by atoms with van der Waals surface area (Å²) < 4.78 is 5.07. The Labute approximate surface area is 219 Å². The van der Waals surface area contributed by atoms with Crippen molar-refractivity contribution in [3.05, 3.63) is 59.9 Å². The molecule has 2 aliphatic rings. The summed E-state index contributed by atoms with van der Waals surface area (Å²) in [5, 5.41) is 21.1. The maximum atomic E-state index is 11.8. The van der Waals surface area contributed by atoms with Crippen LogP contribution >= 0.6 is 11.6 Å². The Hall–Kier alpha value is -3.89. The molecule has 192 valence electrons. The number of benzene rings is 2. The van der Waals surface area contributed by atoms with Crippen molar-refractivity contribution in [2.45, 2.75) is 18.9 Å². The lowest BCUT2D eigenvalue weighted by atomic mass is 10.2. The van der Waals surface area contributed by atoms with Gasteiger partial charge in [0.1, 0.15) is 17.1 Å². The Balaban J connectivity index is 0.000000164. The van der Waals surface area contributed by atoms with Crippen LogP contribution in [-0.4, -0.2) is 64.5 Å². The molecular weight excluding hydrogens is 494 g/mol. The van der Waals surface area contributed by atoms with Crippen LogP contribution in [0.5, 0.6) is 5.75 Å². The second kappa shape index (κ2) is 10.6. The maximum absolute atomic E-state index is 11.8. The van der Waals surface area contributed by atoms with Gasteiger partial charge in [0.25, 0.3) is 0 Å². The summed E-state index contributed by atoms with van der Waals surface area (Å²) in [6, 6.07) is 15.3. The molecule has 1 saturated heterocycles. The lowest BCUT2D eigenvalue weighted by molar-refractivity contribution is -0.119. The van der Waals surface area contributed by atoms with E-state index in [1.807, 2.05) is 60.5 Å². The predicted molar refractivity (Wildman–Crippen MR) is 144 cm³/mol. The number of hydrogen-bond donors (Lipinski definition) is 3. The number of hydrogen-bond acceptors (Lipinski definition) is 8. The SMILES string of the molecule is COc1ccc(N(C)C(=O)C2CC2)cc1.OC1CN(c2ncnc(Nc3n[nH]c4ccccc34)c2Cl)C1. The van der Waals surface area contributed by atoms with Gasteiger partial charge in [0.2, 0.25) is 5.91 Å². The molecule has 0 bridgehead atoms. The smallest absolute Gasteiger partial charge is 0.229 e.